The first-order valence-corrected chi connectivity index (χ1v) is 8.46. The van der Waals surface area contributed by atoms with E-state index in [4.69, 9.17) is 5.73 Å². The highest BCUT2D eigenvalue weighted by Crippen LogP contribution is 2.28. The number of piperazine rings is 1. The topological polar surface area (TPSA) is 66.6 Å². The minimum atomic E-state index is 0. The van der Waals surface area contributed by atoms with Crippen LogP contribution in [0.15, 0.2) is 0 Å². The van der Waals surface area contributed by atoms with Crippen molar-refractivity contribution in [2.45, 2.75) is 51.4 Å². The lowest BCUT2D eigenvalue weighted by atomic mass is 10.0. The third kappa shape index (κ3) is 5.76. The summed E-state index contributed by atoms with van der Waals surface area (Å²) >= 11 is 0. The molecule has 1 saturated heterocycles. The average Bonchev–Trinajstić information content (AvgIpc) is 3.04. The van der Waals surface area contributed by atoms with Crippen LogP contribution in [0.4, 0.5) is 0 Å². The van der Waals surface area contributed by atoms with Gasteiger partial charge in [0, 0.05) is 39.0 Å². The molecule has 6 heteroatoms. The zero-order valence-electron chi connectivity index (χ0n) is 13.5. The lowest BCUT2D eigenvalue weighted by Gasteiger charge is -2.35. The molecule has 0 spiro atoms. The van der Waals surface area contributed by atoms with Crippen LogP contribution in [0.1, 0.15) is 51.4 Å². The van der Waals surface area contributed by atoms with Crippen molar-refractivity contribution in [2.75, 3.05) is 32.7 Å². The molecule has 1 saturated carbocycles. The molecule has 1 aliphatic carbocycles. The summed E-state index contributed by atoms with van der Waals surface area (Å²) in [6.45, 7) is 3.30. The number of amides is 2. The highest BCUT2D eigenvalue weighted by Gasteiger charge is 2.24. The van der Waals surface area contributed by atoms with Crippen LogP contribution in [0.25, 0.3) is 0 Å². The van der Waals surface area contributed by atoms with Gasteiger partial charge in [-0.1, -0.05) is 25.7 Å². The van der Waals surface area contributed by atoms with E-state index in [1.165, 1.54) is 25.7 Å². The molecule has 22 heavy (non-hydrogen) atoms. The fourth-order valence-electron chi connectivity index (χ4n) is 3.40. The van der Waals surface area contributed by atoms with Crippen molar-refractivity contribution < 1.29 is 9.59 Å². The average molecular weight is 332 g/mol. The van der Waals surface area contributed by atoms with Crippen molar-refractivity contribution in [1.82, 2.24) is 9.80 Å². The third-order valence-corrected chi connectivity index (χ3v) is 4.82. The molecular formula is C16H30ClN3O2. The molecule has 2 N–H and O–H groups in total. The molecule has 1 aliphatic heterocycles. The summed E-state index contributed by atoms with van der Waals surface area (Å²) in [5.41, 5.74) is 5.43. The van der Waals surface area contributed by atoms with Crippen molar-refractivity contribution in [3.8, 4) is 0 Å². The Hall–Kier alpha value is -0.810. The van der Waals surface area contributed by atoms with E-state index < -0.39 is 0 Å². The Morgan fingerprint density at radius 2 is 1.41 bits per heavy atom. The monoisotopic (exact) mass is 331 g/mol. The van der Waals surface area contributed by atoms with Crippen LogP contribution >= 0.6 is 12.4 Å². The highest BCUT2D eigenvalue weighted by atomic mass is 35.5. The first-order chi connectivity index (χ1) is 10.2. The molecule has 5 nitrogen and oxygen atoms in total. The van der Waals surface area contributed by atoms with Crippen LogP contribution in [0.3, 0.4) is 0 Å². The van der Waals surface area contributed by atoms with Gasteiger partial charge in [0.15, 0.2) is 0 Å². The maximum atomic E-state index is 12.2. The summed E-state index contributed by atoms with van der Waals surface area (Å²) in [5, 5.41) is 0. The van der Waals surface area contributed by atoms with E-state index in [9.17, 15) is 9.59 Å². The first-order valence-electron chi connectivity index (χ1n) is 8.46. The summed E-state index contributed by atoms with van der Waals surface area (Å²) in [7, 11) is 0. The van der Waals surface area contributed by atoms with Crippen LogP contribution in [-0.4, -0.2) is 54.3 Å². The summed E-state index contributed by atoms with van der Waals surface area (Å²) in [6.07, 6.45) is 8.30. The number of hydrogen-bond acceptors (Lipinski definition) is 3. The fraction of sp³-hybridized carbons (Fsp3) is 0.875. The maximum absolute atomic E-state index is 12.2. The molecule has 0 bridgehead atoms. The minimum absolute atomic E-state index is 0. The van der Waals surface area contributed by atoms with Gasteiger partial charge in [0.05, 0.1) is 0 Å². The predicted molar refractivity (Wildman–Crippen MR) is 89.9 cm³/mol. The van der Waals surface area contributed by atoms with Gasteiger partial charge >= 0.3 is 0 Å². The number of halogens is 1. The van der Waals surface area contributed by atoms with Gasteiger partial charge in [0.1, 0.15) is 0 Å². The second kappa shape index (κ2) is 10.1. The largest absolute Gasteiger partial charge is 0.339 e. The maximum Gasteiger partial charge on any atom is 0.222 e. The zero-order valence-corrected chi connectivity index (χ0v) is 14.3. The zero-order chi connectivity index (χ0) is 15.1. The van der Waals surface area contributed by atoms with Crippen molar-refractivity contribution in [3.63, 3.8) is 0 Å². The van der Waals surface area contributed by atoms with Crippen LogP contribution in [-0.2, 0) is 9.59 Å². The summed E-state index contributed by atoms with van der Waals surface area (Å²) in [4.78, 5) is 27.9. The SMILES string of the molecule is Cl.NCCCC(=O)N1CCN(C(=O)CCC2CCCC2)CC1. The van der Waals surface area contributed by atoms with E-state index in [2.05, 4.69) is 0 Å². The third-order valence-electron chi connectivity index (χ3n) is 4.82. The van der Waals surface area contributed by atoms with Gasteiger partial charge < -0.3 is 15.5 Å². The fourth-order valence-corrected chi connectivity index (χ4v) is 3.40. The Balaban J connectivity index is 0.00000242. The molecule has 0 aromatic carbocycles. The van der Waals surface area contributed by atoms with Gasteiger partial charge in [-0.25, -0.2) is 0 Å². The summed E-state index contributed by atoms with van der Waals surface area (Å²) in [5.74, 6) is 1.22. The number of nitrogens with two attached hydrogens (primary N) is 1. The number of rotatable bonds is 6. The standard InChI is InChI=1S/C16H29N3O2.ClH/c17-9-3-6-15(20)18-10-12-19(13-11-18)16(21)8-7-14-4-1-2-5-14;/h14H,1-13,17H2;1H. The molecule has 0 unspecified atom stereocenters. The minimum Gasteiger partial charge on any atom is -0.339 e. The second-order valence-electron chi connectivity index (χ2n) is 6.34. The van der Waals surface area contributed by atoms with Gasteiger partial charge in [-0.2, -0.15) is 0 Å². The normalized spacial score (nSPS) is 19.1. The quantitative estimate of drug-likeness (QED) is 0.807. The molecule has 2 amide bonds. The van der Waals surface area contributed by atoms with E-state index in [-0.39, 0.29) is 24.2 Å². The Kier molecular flexibility index (Phi) is 8.79. The van der Waals surface area contributed by atoms with Crippen molar-refractivity contribution >= 4 is 24.2 Å². The highest BCUT2D eigenvalue weighted by molar-refractivity contribution is 5.85. The number of nitrogens with zero attached hydrogens (tertiary/aromatic N) is 2. The molecule has 128 valence electrons. The molecule has 2 aliphatic rings. The Labute approximate surface area is 140 Å². The van der Waals surface area contributed by atoms with Crippen LogP contribution in [0.2, 0.25) is 0 Å². The van der Waals surface area contributed by atoms with Crippen LogP contribution < -0.4 is 5.73 Å². The van der Waals surface area contributed by atoms with E-state index in [0.717, 1.165) is 18.8 Å². The molecule has 0 aromatic rings. The number of hydrogen-bond donors (Lipinski definition) is 1. The molecule has 0 radical (unpaired) electrons. The molecule has 0 aromatic heterocycles. The smallest absolute Gasteiger partial charge is 0.222 e. The van der Waals surface area contributed by atoms with Gasteiger partial charge in [-0.15, -0.1) is 12.4 Å². The van der Waals surface area contributed by atoms with Crippen molar-refractivity contribution in [2.24, 2.45) is 11.7 Å². The summed E-state index contributed by atoms with van der Waals surface area (Å²) in [6, 6.07) is 0. The second-order valence-corrected chi connectivity index (χ2v) is 6.34. The van der Waals surface area contributed by atoms with Crippen LogP contribution in [0, 0.1) is 5.92 Å². The number of carbonyl (C=O) groups excluding carboxylic acids is 2. The molecule has 0 atom stereocenters. The van der Waals surface area contributed by atoms with E-state index >= 15 is 0 Å². The lowest BCUT2D eigenvalue weighted by molar-refractivity contribution is -0.139. The van der Waals surface area contributed by atoms with E-state index in [1.807, 2.05) is 9.80 Å². The van der Waals surface area contributed by atoms with E-state index in [0.29, 0.717) is 45.6 Å². The molecule has 2 rings (SSSR count). The van der Waals surface area contributed by atoms with Gasteiger partial charge in [-0.3, -0.25) is 9.59 Å². The summed E-state index contributed by atoms with van der Waals surface area (Å²) < 4.78 is 0. The molecule has 2 fully saturated rings. The Bertz CT molecular complexity index is 351. The van der Waals surface area contributed by atoms with Crippen molar-refractivity contribution in [1.29, 1.82) is 0 Å². The number of carbonyl (C=O) groups is 2. The van der Waals surface area contributed by atoms with Gasteiger partial charge in [0.25, 0.3) is 0 Å². The predicted octanol–water partition coefficient (Wildman–Crippen LogP) is 1.79. The first kappa shape index (κ1) is 19.2. The van der Waals surface area contributed by atoms with Gasteiger partial charge in [-0.05, 0) is 25.3 Å². The molecule has 1 heterocycles. The molecular weight excluding hydrogens is 302 g/mol. The Morgan fingerprint density at radius 3 is 1.91 bits per heavy atom. The Morgan fingerprint density at radius 1 is 0.909 bits per heavy atom. The van der Waals surface area contributed by atoms with E-state index in [1.54, 1.807) is 0 Å². The lowest BCUT2D eigenvalue weighted by Crippen LogP contribution is -2.50. The van der Waals surface area contributed by atoms with Crippen LogP contribution in [0.5, 0.6) is 0 Å². The van der Waals surface area contributed by atoms with Gasteiger partial charge in [0.2, 0.25) is 11.8 Å². The van der Waals surface area contributed by atoms with Crippen molar-refractivity contribution in [3.05, 3.63) is 0 Å².